The Morgan fingerprint density at radius 2 is 2.04 bits per heavy atom. The first kappa shape index (κ1) is 16.9. The minimum atomic E-state index is -4.57. The van der Waals surface area contributed by atoms with Gasteiger partial charge in [-0.1, -0.05) is 0 Å². The van der Waals surface area contributed by atoms with E-state index in [4.69, 9.17) is 0 Å². The van der Waals surface area contributed by atoms with Crippen molar-refractivity contribution in [2.24, 2.45) is 0 Å². The lowest BCUT2D eigenvalue weighted by Gasteiger charge is -2.18. The van der Waals surface area contributed by atoms with Crippen LogP contribution in [0.15, 0.2) is 36.7 Å². The molecule has 0 radical (unpaired) electrons. The van der Waals surface area contributed by atoms with E-state index >= 15 is 0 Å². The summed E-state index contributed by atoms with van der Waals surface area (Å²) in [6.45, 7) is 0.845. The van der Waals surface area contributed by atoms with E-state index in [1.54, 1.807) is 0 Å². The van der Waals surface area contributed by atoms with Gasteiger partial charge in [0.2, 0.25) is 0 Å². The van der Waals surface area contributed by atoms with Gasteiger partial charge >= 0.3 is 6.18 Å². The second kappa shape index (κ2) is 6.15. The summed E-state index contributed by atoms with van der Waals surface area (Å²) in [7, 11) is 0. The smallest absolute Gasteiger partial charge is 0.341 e. The average molecular weight is 352 g/mol. The molecule has 130 valence electrons. The van der Waals surface area contributed by atoms with Crippen molar-refractivity contribution in [3.05, 3.63) is 48.0 Å². The van der Waals surface area contributed by atoms with E-state index in [0.29, 0.717) is 5.56 Å². The van der Waals surface area contributed by atoms with Gasteiger partial charge in [-0.15, -0.1) is 0 Å². The maximum Gasteiger partial charge on any atom is 0.408 e. The molecule has 0 saturated carbocycles. The van der Waals surface area contributed by atoms with Crippen LogP contribution in [0.3, 0.4) is 0 Å². The van der Waals surface area contributed by atoms with Crippen molar-refractivity contribution >= 4 is 16.8 Å². The van der Waals surface area contributed by atoms with Crippen molar-refractivity contribution in [3.8, 4) is 11.3 Å². The van der Waals surface area contributed by atoms with Crippen LogP contribution in [0.2, 0.25) is 0 Å². The predicted octanol–water partition coefficient (Wildman–Crippen LogP) is 3.44. The van der Waals surface area contributed by atoms with Crippen molar-refractivity contribution in [3.63, 3.8) is 0 Å². The Morgan fingerprint density at radius 3 is 2.68 bits per heavy atom. The zero-order chi connectivity index (χ0) is 18.2. The Bertz CT molecular complexity index is 922. The summed E-state index contributed by atoms with van der Waals surface area (Å²) in [5.41, 5.74) is 0.932. The van der Waals surface area contributed by atoms with E-state index in [1.165, 1.54) is 24.5 Å². The molecule has 5 nitrogen and oxygen atoms in total. The quantitative estimate of drug-likeness (QED) is 0.710. The van der Waals surface area contributed by atoms with Crippen molar-refractivity contribution in [1.82, 2.24) is 20.5 Å². The number of carbonyl (C=O) groups excluding carboxylic acids is 1. The van der Waals surface area contributed by atoms with E-state index in [-0.39, 0.29) is 22.2 Å². The number of aromatic amines is 1. The standard InChI is InChI=1S/C16H12F4N4O/c1-8(16(18,19)20)23-15(25)12-5-13(9-6-21-22-7-9)24-14-4-10(17)2-3-11(12)14/h2-8H,1H3,(H,21,22)(H,23,25). The number of carbonyl (C=O) groups is 1. The Kier molecular flexibility index (Phi) is 4.15. The second-order valence-electron chi connectivity index (χ2n) is 5.44. The first-order chi connectivity index (χ1) is 11.8. The van der Waals surface area contributed by atoms with Gasteiger partial charge in [-0.3, -0.25) is 9.89 Å². The summed E-state index contributed by atoms with van der Waals surface area (Å²) in [4.78, 5) is 16.6. The van der Waals surface area contributed by atoms with Crippen molar-refractivity contribution in [2.75, 3.05) is 0 Å². The van der Waals surface area contributed by atoms with Crippen molar-refractivity contribution in [1.29, 1.82) is 0 Å². The van der Waals surface area contributed by atoms with Crippen LogP contribution in [0.25, 0.3) is 22.2 Å². The van der Waals surface area contributed by atoms with Crippen LogP contribution in [0, 0.1) is 5.82 Å². The fourth-order valence-electron chi connectivity index (χ4n) is 2.28. The highest BCUT2D eigenvalue weighted by molar-refractivity contribution is 6.07. The average Bonchev–Trinajstić information content (AvgIpc) is 3.06. The van der Waals surface area contributed by atoms with Gasteiger partial charge in [0.1, 0.15) is 11.9 Å². The Morgan fingerprint density at radius 1 is 1.28 bits per heavy atom. The van der Waals surface area contributed by atoms with Crippen LogP contribution >= 0.6 is 0 Å². The van der Waals surface area contributed by atoms with Gasteiger partial charge in [0.25, 0.3) is 5.91 Å². The number of H-pyrrole nitrogens is 1. The molecule has 0 aliphatic rings. The van der Waals surface area contributed by atoms with Gasteiger partial charge in [-0.2, -0.15) is 18.3 Å². The number of fused-ring (bicyclic) bond motifs is 1. The molecule has 0 aliphatic heterocycles. The first-order valence-electron chi connectivity index (χ1n) is 7.23. The maximum absolute atomic E-state index is 13.5. The number of halogens is 4. The monoisotopic (exact) mass is 352 g/mol. The molecule has 2 N–H and O–H groups in total. The molecular formula is C16H12F4N4O. The van der Waals surface area contributed by atoms with Crippen LogP contribution < -0.4 is 5.32 Å². The van der Waals surface area contributed by atoms with Gasteiger partial charge in [0, 0.05) is 23.2 Å². The van der Waals surface area contributed by atoms with Gasteiger partial charge in [-0.05, 0) is 25.1 Å². The molecule has 1 unspecified atom stereocenters. The number of amides is 1. The van der Waals surface area contributed by atoms with E-state index < -0.39 is 23.9 Å². The molecule has 2 aromatic heterocycles. The lowest BCUT2D eigenvalue weighted by atomic mass is 10.0. The highest BCUT2D eigenvalue weighted by Gasteiger charge is 2.37. The molecule has 1 amide bonds. The summed E-state index contributed by atoms with van der Waals surface area (Å²) in [6, 6.07) is 2.86. The zero-order valence-corrected chi connectivity index (χ0v) is 12.9. The number of pyridine rings is 1. The molecule has 25 heavy (non-hydrogen) atoms. The minimum Gasteiger partial charge on any atom is -0.341 e. The van der Waals surface area contributed by atoms with Crippen molar-refractivity contribution in [2.45, 2.75) is 19.1 Å². The third-order valence-corrected chi connectivity index (χ3v) is 3.65. The zero-order valence-electron chi connectivity index (χ0n) is 12.9. The summed E-state index contributed by atoms with van der Waals surface area (Å²) in [6.07, 6.45) is -1.63. The van der Waals surface area contributed by atoms with Crippen molar-refractivity contribution < 1.29 is 22.4 Å². The van der Waals surface area contributed by atoms with E-state index in [0.717, 1.165) is 19.1 Å². The number of hydrogen-bond acceptors (Lipinski definition) is 3. The highest BCUT2D eigenvalue weighted by Crippen LogP contribution is 2.26. The Hall–Kier alpha value is -2.97. The minimum absolute atomic E-state index is 0.0303. The number of alkyl halides is 3. The number of hydrogen-bond donors (Lipinski definition) is 2. The third kappa shape index (κ3) is 3.44. The largest absolute Gasteiger partial charge is 0.408 e. The molecule has 2 heterocycles. The normalized spacial score (nSPS) is 13.0. The fraction of sp³-hybridized carbons (Fsp3) is 0.188. The third-order valence-electron chi connectivity index (χ3n) is 3.65. The van der Waals surface area contributed by atoms with Crippen LogP contribution in [0.5, 0.6) is 0 Å². The van der Waals surface area contributed by atoms with Crippen LogP contribution in [-0.2, 0) is 0 Å². The Balaban J connectivity index is 2.11. The molecule has 3 rings (SSSR count). The summed E-state index contributed by atoms with van der Waals surface area (Å²) in [5.74, 6) is -1.49. The lowest BCUT2D eigenvalue weighted by Crippen LogP contribution is -2.43. The number of aromatic nitrogens is 3. The van der Waals surface area contributed by atoms with Gasteiger partial charge in [0.15, 0.2) is 0 Å². The molecule has 9 heteroatoms. The molecular weight excluding hydrogens is 340 g/mol. The predicted molar refractivity (Wildman–Crippen MR) is 82.3 cm³/mol. The van der Waals surface area contributed by atoms with Gasteiger partial charge < -0.3 is 5.32 Å². The molecule has 0 bridgehead atoms. The summed E-state index contributed by atoms with van der Waals surface area (Å²) in [5, 5.41) is 8.50. The van der Waals surface area contributed by atoms with Gasteiger partial charge in [-0.25, -0.2) is 9.37 Å². The first-order valence-corrected chi connectivity index (χ1v) is 7.23. The van der Waals surface area contributed by atoms with E-state index in [2.05, 4.69) is 15.2 Å². The van der Waals surface area contributed by atoms with E-state index in [9.17, 15) is 22.4 Å². The molecule has 0 aliphatic carbocycles. The SMILES string of the molecule is CC(NC(=O)c1cc(-c2cn[nH]c2)nc2cc(F)ccc12)C(F)(F)F. The molecule has 0 spiro atoms. The number of benzene rings is 1. The number of nitrogens with one attached hydrogen (secondary N) is 2. The van der Waals surface area contributed by atoms with Gasteiger partial charge in [0.05, 0.1) is 23.0 Å². The topological polar surface area (TPSA) is 70.7 Å². The fourth-order valence-corrected chi connectivity index (χ4v) is 2.28. The lowest BCUT2D eigenvalue weighted by molar-refractivity contribution is -0.149. The molecule has 1 aromatic carbocycles. The van der Waals surface area contributed by atoms with Crippen LogP contribution in [-0.4, -0.2) is 33.3 Å². The number of rotatable bonds is 3. The van der Waals surface area contributed by atoms with Crippen LogP contribution in [0.1, 0.15) is 17.3 Å². The molecule has 1 atom stereocenters. The summed E-state index contributed by atoms with van der Waals surface area (Å²) >= 11 is 0. The Labute approximate surface area is 139 Å². The maximum atomic E-state index is 13.5. The molecule has 0 fully saturated rings. The highest BCUT2D eigenvalue weighted by atomic mass is 19.4. The second-order valence-corrected chi connectivity index (χ2v) is 5.44. The molecule has 3 aromatic rings. The molecule has 0 saturated heterocycles. The summed E-state index contributed by atoms with van der Waals surface area (Å²) < 4.78 is 51.6. The van der Waals surface area contributed by atoms with Crippen LogP contribution in [0.4, 0.5) is 17.6 Å². The number of nitrogens with zero attached hydrogens (tertiary/aromatic N) is 2. The van der Waals surface area contributed by atoms with E-state index in [1.807, 2.05) is 5.32 Å².